The Morgan fingerprint density at radius 2 is 1.85 bits per heavy atom. The van der Waals surface area contributed by atoms with E-state index in [1.165, 1.54) is 30.5 Å². The van der Waals surface area contributed by atoms with Crippen LogP contribution in [0.1, 0.15) is 53.2 Å². The maximum absolute atomic E-state index is 14.3. The molecule has 0 bridgehead atoms. The summed E-state index contributed by atoms with van der Waals surface area (Å²) < 4.78 is 30.8. The first-order valence-corrected chi connectivity index (χ1v) is 11.3. The number of aryl methyl sites for hydroxylation is 1. The Balaban J connectivity index is 1.79. The van der Waals surface area contributed by atoms with Gasteiger partial charge in [0.05, 0.1) is 35.8 Å². The maximum atomic E-state index is 14.3. The number of carbonyl (C=O) groups excluding carboxylic acids is 2. The minimum absolute atomic E-state index is 0.0869. The Labute approximate surface area is 202 Å². The van der Waals surface area contributed by atoms with Gasteiger partial charge in [0.25, 0.3) is 11.8 Å². The van der Waals surface area contributed by atoms with Crippen molar-refractivity contribution in [1.82, 2.24) is 0 Å². The molecule has 2 amide bonds. The predicted molar refractivity (Wildman–Crippen MR) is 129 cm³/mol. The second-order valence-electron chi connectivity index (χ2n) is 7.41. The molecule has 0 saturated carbocycles. The molecule has 0 unspecified atom stereocenters. The summed E-state index contributed by atoms with van der Waals surface area (Å²) in [5, 5.41) is 5.42. The van der Waals surface area contributed by atoms with E-state index in [4.69, 9.17) is 25.5 Å². The summed E-state index contributed by atoms with van der Waals surface area (Å²) in [6.07, 6.45) is 3.19. The van der Waals surface area contributed by atoms with E-state index in [1.807, 2.05) is 13.8 Å². The molecule has 0 aliphatic carbocycles. The minimum atomic E-state index is -0.650. The molecular formula is C25H26ClFN2O5. The Kier molecular flexibility index (Phi) is 8.54. The van der Waals surface area contributed by atoms with Gasteiger partial charge in [-0.3, -0.25) is 9.59 Å². The number of halogens is 2. The van der Waals surface area contributed by atoms with Crippen LogP contribution in [0.3, 0.4) is 0 Å². The second kappa shape index (κ2) is 11.6. The number of benzene rings is 2. The Morgan fingerprint density at radius 3 is 2.53 bits per heavy atom. The third-order valence-electron chi connectivity index (χ3n) is 4.89. The van der Waals surface area contributed by atoms with Crippen molar-refractivity contribution in [2.75, 3.05) is 23.8 Å². The molecule has 180 valence electrons. The van der Waals surface area contributed by atoms with Gasteiger partial charge in [-0.1, -0.05) is 24.9 Å². The Bertz CT molecular complexity index is 1180. The lowest BCUT2D eigenvalue weighted by molar-refractivity contribution is 0.101. The molecule has 2 N–H and O–H groups in total. The number of nitrogens with one attached hydrogen (secondary N) is 2. The molecular weight excluding hydrogens is 463 g/mol. The fourth-order valence-corrected chi connectivity index (χ4v) is 3.40. The van der Waals surface area contributed by atoms with Crippen LogP contribution in [0.15, 0.2) is 47.1 Å². The van der Waals surface area contributed by atoms with Gasteiger partial charge < -0.3 is 24.5 Å². The summed E-state index contributed by atoms with van der Waals surface area (Å²) in [4.78, 5) is 25.3. The van der Waals surface area contributed by atoms with Crippen molar-refractivity contribution in [2.24, 2.45) is 0 Å². The van der Waals surface area contributed by atoms with Gasteiger partial charge in [0.1, 0.15) is 11.6 Å². The second-order valence-corrected chi connectivity index (χ2v) is 7.82. The van der Waals surface area contributed by atoms with Gasteiger partial charge in [0.15, 0.2) is 11.5 Å². The van der Waals surface area contributed by atoms with Crippen molar-refractivity contribution in [2.45, 2.75) is 33.6 Å². The van der Waals surface area contributed by atoms with E-state index >= 15 is 0 Å². The standard InChI is InChI=1S/C25H26ClFN2O5/c1-4-6-10-34-23-19(26)12-16(13-22(23)32-5-2)24(30)28-17-7-8-20(27)21(14-17)29-25(31)18-9-11-33-15(18)3/h7-9,11-14H,4-6,10H2,1-3H3,(H,28,30)(H,29,31). The zero-order chi connectivity index (χ0) is 24.7. The molecule has 9 heteroatoms. The highest BCUT2D eigenvalue weighted by molar-refractivity contribution is 6.32. The quantitative estimate of drug-likeness (QED) is 0.319. The molecule has 0 atom stereocenters. The molecule has 34 heavy (non-hydrogen) atoms. The number of anilines is 2. The highest BCUT2D eigenvalue weighted by Crippen LogP contribution is 2.37. The van der Waals surface area contributed by atoms with E-state index in [2.05, 4.69) is 10.6 Å². The highest BCUT2D eigenvalue weighted by Gasteiger charge is 2.18. The molecule has 0 aliphatic heterocycles. The van der Waals surface area contributed by atoms with Crippen LogP contribution in [0.25, 0.3) is 0 Å². The number of ether oxygens (including phenoxy) is 2. The van der Waals surface area contributed by atoms with E-state index < -0.39 is 17.6 Å². The van der Waals surface area contributed by atoms with E-state index in [1.54, 1.807) is 13.0 Å². The zero-order valence-electron chi connectivity index (χ0n) is 19.2. The first-order valence-electron chi connectivity index (χ1n) is 10.9. The molecule has 0 saturated heterocycles. The van der Waals surface area contributed by atoms with Gasteiger partial charge >= 0.3 is 0 Å². The topological polar surface area (TPSA) is 89.8 Å². The molecule has 3 aromatic rings. The molecule has 2 aromatic carbocycles. The zero-order valence-corrected chi connectivity index (χ0v) is 19.9. The lowest BCUT2D eigenvalue weighted by Crippen LogP contribution is -2.15. The van der Waals surface area contributed by atoms with Crippen molar-refractivity contribution in [3.63, 3.8) is 0 Å². The van der Waals surface area contributed by atoms with Crippen LogP contribution < -0.4 is 20.1 Å². The normalized spacial score (nSPS) is 10.6. The van der Waals surface area contributed by atoms with Crippen LogP contribution in [0.4, 0.5) is 15.8 Å². The van der Waals surface area contributed by atoms with Crippen LogP contribution in [0, 0.1) is 12.7 Å². The van der Waals surface area contributed by atoms with Crippen LogP contribution in [0.2, 0.25) is 5.02 Å². The van der Waals surface area contributed by atoms with Crippen LogP contribution in [-0.4, -0.2) is 25.0 Å². The number of unbranched alkanes of at least 4 members (excludes halogenated alkanes) is 1. The first kappa shape index (κ1) is 25.1. The van der Waals surface area contributed by atoms with Crippen molar-refractivity contribution in [3.05, 3.63) is 70.4 Å². The third-order valence-corrected chi connectivity index (χ3v) is 5.17. The number of hydrogen-bond donors (Lipinski definition) is 2. The maximum Gasteiger partial charge on any atom is 0.259 e. The predicted octanol–water partition coefficient (Wildman–Crippen LogP) is 6.46. The largest absolute Gasteiger partial charge is 0.490 e. The van der Waals surface area contributed by atoms with Gasteiger partial charge in [0, 0.05) is 11.3 Å². The summed E-state index contributed by atoms with van der Waals surface area (Å²) in [7, 11) is 0. The number of furan rings is 1. The average Bonchev–Trinajstić information content (AvgIpc) is 3.23. The number of hydrogen-bond acceptors (Lipinski definition) is 5. The van der Waals surface area contributed by atoms with Crippen molar-refractivity contribution in [3.8, 4) is 11.5 Å². The van der Waals surface area contributed by atoms with Gasteiger partial charge in [0.2, 0.25) is 0 Å². The monoisotopic (exact) mass is 488 g/mol. The van der Waals surface area contributed by atoms with Crippen LogP contribution >= 0.6 is 11.6 Å². The van der Waals surface area contributed by atoms with E-state index in [0.29, 0.717) is 30.5 Å². The van der Waals surface area contributed by atoms with Crippen molar-refractivity contribution >= 4 is 34.8 Å². The van der Waals surface area contributed by atoms with E-state index in [0.717, 1.165) is 18.9 Å². The van der Waals surface area contributed by atoms with E-state index in [9.17, 15) is 14.0 Å². The minimum Gasteiger partial charge on any atom is -0.490 e. The molecule has 7 nitrogen and oxygen atoms in total. The SMILES string of the molecule is CCCCOc1c(Cl)cc(C(=O)Nc2ccc(F)c(NC(=O)c3ccoc3C)c2)cc1OCC. The molecule has 0 aliphatic rings. The fourth-order valence-electron chi connectivity index (χ4n) is 3.13. The molecule has 0 spiro atoms. The molecule has 3 rings (SSSR count). The van der Waals surface area contributed by atoms with Gasteiger partial charge in [-0.25, -0.2) is 4.39 Å². The first-order chi connectivity index (χ1) is 16.3. The Morgan fingerprint density at radius 1 is 1.06 bits per heavy atom. The summed E-state index contributed by atoms with van der Waals surface area (Å²) in [6, 6.07) is 8.38. The Hall–Kier alpha value is -3.52. The van der Waals surface area contributed by atoms with E-state index in [-0.39, 0.29) is 27.5 Å². The molecule has 1 aromatic heterocycles. The van der Waals surface area contributed by atoms with Crippen molar-refractivity contribution in [1.29, 1.82) is 0 Å². The molecule has 0 fully saturated rings. The summed E-state index contributed by atoms with van der Waals surface area (Å²) >= 11 is 6.37. The van der Waals surface area contributed by atoms with Crippen molar-refractivity contribution < 1.29 is 27.9 Å². The lowest BCUT2D eigenvalue weighted by Gasteiger charge is -2.15. The lowest BCUT2D eigenvalue weighted by atomic mass is 10.1. The van der Waals surface area contributed by atoms with Gasteiger partial charge in [-0.15, -0.1) is 0 Å². The van der Waals surface area contributed by atoms with Gasteiger partial charge in [-0.05, 0) is 56.7 Å². The third kappa shape index (κ3) is 6.08. The molecule has 0 radical (unpaired) electrons. The number of rotatable bonds is 10. The fraction of sp³-hybridized carbons (Fsp3) is 0.280. The van der Waals surface area contributed by atoms with Gasteiger partial charge in [-0.2, -0.15) is 0 Å². The summed E-state index contributed by atoms with van der Waals surface area (Å²) in [5.74, 6) is -0.513. The smallest absolute Gasteiger partial charge is 0.259 e. The highest BCUT2D eigenvalue weighted by atomic mass is 35.5. The average molecular weight is 489 g/mol. The molecule has 1 heterocycles. The number of carbonyl (C=O) groups is 2. The van der Waals surface area contributed by atoms with Crippen LogP contribution in [-0.2, 0) is 0 Å². The summed E-state index contributed by atoms with van der Waals surface area (Å²) in [5.41, 5.74) is 0.715. The summed E-state index contributed by atoms with van der Waals surface area (Å²) in [6.45, 7) is 6.33. The van der Waals surface area contributed by atoms with Crippen LogP contribution in [0.5, 0.6) is 11.5 Å². The number of amides is 2.